The molecule has 0 saturated carbocycles. The molecule has 0 spiro atoms. The Balaban J connectivity index is 1.76. The van der Waals surface area contributed by atoms with Crippen LogP contribution in [0, 0.1) is 0 Å². The predicted molar refractivity (Wildman–Crippen MR) is 107 cm³/mol. The molecule has 0 fully saturated rings. The third-order valence-corrected chi connectivity index (χ3v) is 4.88. The molecule has 1 aliphatic rings. The predicted octanol–water partition coefficient (Wildman–Crippen LogP) is 4.09. The van der Waals surface area contributed by atoms with Crippen molar-refractivity contribution in [3.8, 4) is 0 Å². The van der Waals surface area contributed by atoms with E-state index in [0.29, 0.717) is 6.61 Å². The van der Waals surface area contributed by atoms with Crippen molar-refractivity contribution in [1.82, 2.24) is 0 Å². The molecule has 2 unspecified atom stereocenters. The molecule has 2 aromatic rings. The van der Waals surface area contributed by atoms with Crippen molar-refractivity contribution in [3.05, 3.63) is 59.7 Å². The Hall–Kier alpha value is -2.82. The lowest BCUT2D eigenvalue weighted by Crippen LogP contribution is -2.43. The number of nitrogens with one attached hydrogen (secondary N) is 1. The summed E-state index contributed by atoms with van der Waals surface area (Å²) in [5, 5.41) is 3.58. The van der Waals surface area contributed by atoms with Gasteiger partial charge in [-0.25, -0.2) is 0 Å². The van der Waals surface area contributed by atoms with Gasteiger partial charge in [-0.2, -0.15) is 0 Å². The standard InChI is InChI=1S/C22H26N2O3/c1-4-27-22(26)14-17-9-11-18(12-10-17)23-20-13-15(2)24(16(3)25)21-8-6-5-7-19(20)21/h5-12,15,20,23H,4,13-14H2,1-3H3. The van der Waals surface area contributed by atoms with E-state index in [4.69, 9.17) is 4.74 Å². The second kappa shape index (κ2) is 8.25. The number of para-hydroxylation sites is 1. The van der Waals surface area contributed by atoms with Gasteiger partial charge in [-0.05, 0) is 49.6 Å². The number of carbonyl (C=O) groups is 2. The number of nitrogens with zero attached hydrogens (tertiary/aromatic N) is 1. The first-order chi connectivity index (χ1) is 13.0. The van der Waals surface area contributed by atoms with E-state index in [2.05, 4.69) is 18.3 Å². The van der Waals surface area contributed by atoms with Gasteiger partial charge >= 0.3 is 5.97 Å². The highest BCUT2D eigenvalue weighted by Gasteiger charge is 2.31. The van der Waals surface area contributed by atoms with Gasteiger partial charge in [-0.15, -0.1) is 0 Å². The Labute approximate surface area is 160 Å². The van der Waals surface area contributed by atoms with Crippen LogP contribution in [0.4, 0.5) is 11.4 Å². The number of hydrogen-bond acceptors (Lipinski definition) is 4. The highest BCUT2D eigenvalue weighted by molar-refractivity contribution is 5.93. The van der Waals surface area contributed by atoms with Gasteiger partial charge in [0.15, 0.2) is 0 Å². The second-order valence-electron chi connectivity index (χ2n) is 6.91. The molecule has 142 valence electrons. The van der Waals surface area contributed by atoms with Gasteiger partial charge in [0.05, 0.1) is 19.1 Å². The van der Waals surface area contributed by atoms with Crippen LogP contribution < -0.4 is 10.2 Å². The second-order valence-corrected chi connectivity index (χ2v) is 6.91. The first-order valence-electron chi connectivity index (χ1n) is 9.39. The summed E-state index contributed by atoms with van der Waals surface area (Å²) in [5.41, 5.74) is 4.02. The zero-order valence-corrected chi connectivity index (χ0v) is 16.1. The summed E-state index contributed by atoms with van der Waals surface area (Å²) in [7, 11) is 0. The molecule has 1 N–H and O–H groups in total. The van der Waals surface area contributed by atoms with E-state index in [0.717, 1.165) is 28.9 Å². The van der Waals surface area contributed by atoms with Crippen LogP contribution in [0.2, 0.25) is 0 Å². The van der Waals surface area contributed by atoms with Gasteiger partial charge in [0.2, 0.25) is 5.91 Å². The summed E-state index contributed by atoms with van der Waals surface area (Å²) in [5.74, 6) is -0.144. The molecule has 1 amide bonds. The van der Waals surface area contributed by atoms with Gasteiger partial charge in [0, 0.05) is 24.3 Å². The SMILES string of the molecule is CCOC(=O)Cc1ccc(NC2CC(C)N(C(C)=O)c3ccccc32)cc1. The van der Waals surface area contributed by atoms with E-state index in [1.165, 1.54) is 0 Å². The summed E-state index contributed by atoms with van der Waals surface area (Å²) < 4.78 is 4.99. The van der Waals surface area contributed by atoms with Gasteiger partial charge in [-0.1, -0.05) is 30.3 Å². The molecule has 0 radical (unpaired) electrons. The van der Waals surface area contributed by atoms with Crippen LogP contribution in [0.5, 0.6) is 0 Å². The average Bonchev–Trinajstić information content (AvgIpc) is 2.63. The van der Waals surface area contributed by atoms with Gasteiger partial charge < -0.3 is 15.0 Å². The molecule has 3 rings (SSSR count). The van der Waals surface area contributed by atoms with E-state index in [9.17, 15) is 9.59 Å². The summed E-state index contributed by atoms with van der Waals surface area (Å²) in [6.07, 6.45) is 1.12. The Kier molecular flexibility index (Phi) is 5.79. The molecule has 27 heavy (non-hydrogen) atoms. The van der Waals surface area contributed by atoms with Crippen LogP contribution in [0.1, 0.15) is 44.4 Å². The first kappa shape index (κ1) is 19.0. The number of benzene rings is 2. The molecule has 0 aliphatic carbocycles. The molecular formula is C22H26N2O3. The van der Waals surface area contributed by atoms with Gasteiger partial charge in [0.1, 0.15) is 0 Å². The zero-order valence-electron chi connectivity index (χ0n) is 16.1. The van der Waals surface area contributed by atoms with Crippen LogP contribution in [0.25, 0.3) is 0 Å². The minimum atomic E-state index is -0.211. The lowest BCUT2D eigenvalue weighted by molar-refractivity contribution is -0.142. The fourth-order valence-corrected chi connectivity index (χ4v) is 3.73. The Morgan fingerprint density at radius 2 is 1.85 bits per heavy atom. The van der Waals surface area contributed by atoms with E-state index >= 15 is 0 Å². The number of rotatable bonds is 5. The number of fused-ring (bicyclic) bond motifs is 1. The number of amides is 1. The zero-order chi connectivity index (χ0) is 19.4. The minimum absolute atomic E-state index is 0.0664. The van der Waals surface area contributed by atoms with Crippen molar-refractivity contribution < 1.29 is 14.3 Å². The van der Waals surface area contributed by atoms with Gasteiger partial charge in [0.25, 0.3) is 0 Å². The fraction of sp³-hybridized carbons (Fsp3) is 0.364. The summed E-state index contributed by atoms with van der Waals surface area (Å²) in [6, 6.07) is 16.2. The van der Waals surface area contributed by atoms with E-state index in [1.807, 2.05) is 47.4 Å². The molecule has 5 heteroatoms. The molecule has 1 aliphatic heterocycles. The molecule has 0 saturated heterocycles. The van der Waals surface area contributed by atoms with Gasteiger partial charge in [-0.3, -0.25) is 9.59 Å². The summed E-state index contributed by atoms with van der Waals surface area (Å²) in [4.78, 5) is 25.6. The van der Waals surface area contributed by atoms with Crippen LogP contribution in [-0.2, 0) is 20.7 Å². The third kappa shape index (κ3) is 4.30. The monoisotopic (exact) mass is 366 g/mol. The van der Waals surface area contributed by atoms with Crippen molar-refractivity contribution in [2.45, 2.75) is 45.7 Å². The minimum Gasteiger partial charge on any atom is -0.466 e. The van der Waals surface area contributed by atoms with Crippen molar-refractivity contribution in [2.75, 3.05) is 16.8 Å². The van der Waals surface area contributed by atoms with E-state index < -0.39 is 0 Å². The van der Waals surface area contributed by atoms with Crippen molar-refractivity contribution in [3.63, 3.8) is 0 Å². The molecule has 1 heterocycles. The highest BCUT2D eigenvalue weighted by atomic mass is 16.5. The van der Waals surface area contributed by atoms with Crippen LogP contribution in [0.3, 0.4) is 0 Å². The normalized spacial score (nSPS) is 18.6. The topological polar surface area (TPSA) is 58.6 Å². The van der Waals surface area contributed by atoms with Crippen molar-refractivity contribution in [1.29, 1.82) is 0 Å². The smallest absolute Gasteiger partial charge is 0.310 e. The number of anilines is 2. The quantitative estimate of drug-likeness (QED) is 0.810. The lowest BCUT2D eigenvalue weighted by Gasteiger charge is -2.39. The maximum Gasteiger partial charge on any atom is 0.310 e. The Morgan fingerprint density at radius 3 is 2.52 bits per heavy atom. The van der Waals surface area contributed by atoms with Crippen molar-refractivity contribution >= 4 is 23.3 Å². The van der Waals surface area contributed by atoms with Crippen LogP contribution in [-0.4, -0.2) is 24.5 Å². The average molecular weight is 366 g/mol. The van der Waals surface area contributed by atoms with Crippen LogP contribution in [0.15, 0.2) is 48.5 Å². The summed E-state index contributed by atoms with van der Waals surface area (Å²) >= 11 is 0. The third-order valence-electron chi connectivity index (χ3n) is 4.88. The van der Waals surface area contributed by atoms with E-state index in [-0.39, 0.29) is 30.4 Å². The highest BCUT2D eigenvalue weighted by Crippen LogP contribution is 2.38. The van der Waals surface area contributed by atoms with E-state index in [1.54, 1.807) is 13.8 Å². The fourth-order valence-electron chi connectivity index (χ4n) is 3.73. The lowest BCUT2D eigenvalue weighted by atomic mass is 9.91. The van der Waals surface area contributed by atoms with Crippen LogP contribution >= 0.6 is 0 Å². The number of hydrogen-bond donors (Lipinski definition) is 1. The maximum atomic E-state index is 12.1. The molecule has 0 aromatic heterocycles. The largest absolute Gasteiger partial charge is 0.466 e. The summed E-state index contributed by atoms with van der Waals surface area (Å²) in [6.45, 7) is 5.90. The molecule has 0 bridgehead atoms. The Morgan fingerprint density at radius 1 is 1.15 bits per heavy atom. The Bertz CT molecular complexity index is 817. The first-order valence-corrected chi connectivity index (χ1v) is 9.39. The number of ether oxygens (including phenoxy) is 1. The molecule has 5 nitrogen and oxygen atoms in total. The molecular weight excluding hydrogens is 340 g/mol. The number of esters is 1. The molecule has 2 aromatic carbocycles. The maximum absolute atomic E-state index is 12.1. The number of carbonyl (C=O) groups excluding carboxylic acids is 2. The molecule has 2 atom stereocenters. The van der Waals surface area contributed by atoms with Crippen molar-refractivity contribution in [2.24, 2.45) is 0 Å².